The molecule has 0 radical (unpaired) electrons. The molecule has 0 saturated heterocycles. The Balaban J connectivity index is 1.65. The molecule has 0 saturated carbocycles. The standard InChI is InChI=1S/C33H32/c1-23-9-15-28(16-10-23)26(4)21-32(30-19-13-25(3)14-20-30)22-31-7-6-8-33(31)27(5)29-17-11-24(2)12-18-29/h6-20,22,33H,4-5,21H2,1-3H3. The van der Waals surface area contributed by atoms with Gasteiger partial charge in [-0.3, -0.25) is 0 Å². The van der Waals surface area contributed by atoms with Crippen LogP contribution in [0.3, 0.4) is 0 Å². The third-order valence-corrected chi connectivity index (χ3v) is 6.38. The lowest BCUT2D eigenvalue weighted by molar-refractivity contribution is 1.06. The Labute approximate surface area is 199 Å². The predicted octanol–water partition coefficient (Wildman–Crippen LogP) is 8.92. The van der Waals surface area contributed by atoms with E-state index < -0.39 is 0 Å². The number of aryl methyl sites for hydroxylation is 3. The fourth-order valence-electron chi connectivity index (χ4n) is 4.22. The second-order valence-corrected chi connectivity index (χ2v) is 9.10. The molecule has 1 aliphatic carbocycles. The van der Waals surface area contributed by atoms with Crippen LogP contribution in [0.1, 0.15) is 39.8 Å². The third kappa shape index (κ3) is 5.41. The summed E-state index contributed by atoms with van der Waals surface area (Å²) in [5.41, 5.74) is 12.2. The second-order valence-electron chi connectivity index (χ2n) is 9.10. The Hall–Kier alpha value is -3.64. The molecule has 0 fully saturated rings. The minimum atomic E-state index is 0.181. The van der Waals surface area contributed by atoms with Gasteiger partial charge in [0.1, 0.15) is 0 Å². The average Bonchev–Trinajstić information content (AvgIpc) is 3.28. The summed E-state index contributed by atoms with van der Waals surface area (Å²) in [6.45, 7) is 15.2. The van der Waals surface area contributed by atoms with Crippen LogP contribution in [-0.2, 0) is 0 Å². The first-order chi connectivity index (χ1) is 15.9. The average molecular weight is 429 g/mol. The Kier molecular flexibility index (Phi) is 6.75. The Morgan fingerprint density at radius 2 is 1.18 bits per heavy atom. The van der Waals surface area contributed by atoms with E-state index >= 15 is 0 Å². The normalized spacial score (nSPS) is 15.4. The molecule has 0 spiro atoms. The maximum atomic E-state index is 4.46. The van der Waals surface area contributed by atoms with Gasteiger partial charge in [-0.25, -0.2) is 0 Å². The molecule has 164 valence electrons. The van der Waals surface area contributed by atoms with Crippen molar-refractivity contribution in [3.8, 4) is 0 Å². The first kappa shape index (κ1) is 22.6. The van der Waals surface area contributed by atoms with Gasteiger partial charge in [0, 0.05) is 5.92 Å². The van der Waals surface area contributed by atoms with E-state index in [2.05, 4.69) is 131 Å². The van der Waals surface area contributed by atoms with Crippen molar-refractivity contribution < 1.29 is 0 Å². The SMILES string of the molecule is C=C(CC(=CC1=CC=CC1C(=C)c1ccc(C)cc1)c1ccc(C)cc1)c1ccc(C)cc1. The van der Waals surface area contributed by atoms with Crippen LogP contribution in [0, 0.1) is 26.7 Å². The highest BCUT2D eigenvalue weighted by atomic mass is 14.2. The van der Waals surface area contributed by atoms with Gasteiger partial charge < -0.3 is 0 Å². The van der Waals surface area contributed by atoms with Crippen LogP contribution in [0.2, 0.25) is 0 Å². The van der Waals surface area contributed by atoms with Crippen molar-refractivity contribution in [3.05, 3.63) is 149 Å². The fourth-order valence-corrected chi connectivity index (χ4v) is 4.22. The summed E-state index contributed by atoms with van der Waals surface area (Å²) in [6.07, 6.45) is 9.75. The van der Waals surface area contributed by atoms with Crippen molar-refractivity contribution >= 4 is 16.7 Å². The number of allylic oxidation sites excluding steroid dienone is 8. The van der Waals surface area contributed by atoms with E-state index in [1.807, 2.05) is 0 Å². The quantitative estimate of drug-likeness (QED) is 0.352. The van der Waals surface area contributed by atoms with Gasteiger partial charge in [-0.05, 0) is 66.2 Å². The van der Waals surface area contributed by atoms with Gasteiger partial charge in [-0.2, -0.15) is 0 Å². The van der Waals surface area contributed by atoms with Crippen molar-refractivity contribution in [2.45, 2.75) is 27.2 Å². The van der Waals surface area contributed by atoms with Crippen LogP contribution in [0.4, 0.5) is 0 Å². The van der Waals surface area contributed by atoms with Crippen molar-refractivity contribution in [3.63, 3.8) is 0 Å². The van der Waals surface area contributed by atoms with E-state index in [9.17, 15) is 0 Å². The molecule has 0 heterocycles. The molecule has 3 aromatic carbocycles. The smallest absolute Gasteiger partial charge is 0.0272 e. The van der Waals surface area contributed by atoms with Gasteiger partial charge in [-0.1, -0.05) is 127 Å². The summed E-state index contributed by atoms with van der Waals surface area (Å²) in [7, 11) is 0. The van der Waals surface area contributed by atoms with Crippen molar-refractivity contribution in [2.24, 2.45) is 5.92 Å². The molecular weight excluding hydrogens is 396 g/mol. The van der Waals surface area contributed by atoms with Crippen LogP contribution in [0.15, 0.2) is 116 Å². The van der Waals surface area contributed by atoms with Crippen LogP contribution in [0.25, 0.3) is 16.7 Å². The van der Waals surface area contributed by atoms with Crippen molar-refractivity contribution in [1.82, 2.24) is 0 Å². The maximum absolute atomic E-state index is 4.46. The molecule has 4 rings (SSSR count). The molecule has 1 unspecified atom stereocenters. The minimum Gasteiger partial charge on any atom is -0.0949 e. The zero-order valence-corrected chi connectivity index (χ0v) is 19.9. The van der Waals surface area contributed by atoms with Crippen molar-refractivity contribution in [2.75, 3.05) is 0 Å². The van der Waals surface area contributed by atoms with E-state index in [1.165, 1.54) is 44.5 Å². The molecule has 0 nitrogen and oxygen atoms in total. The number of hydrogen-bond donors (Lipinski definition) is 0. The zero-order chi connectivity index (χ0) is 23.4. The fraction of sp³-hybridized carbons (Fsp3) is 0.152. The number of benzene rings is 3. The van der Waals surface area contributed by atoms with Crippen LogP contribution < -0.4 is 0 Å². The van der Waals surface area contributed by atoms with E-state index in [-0.39, 0.29) is 5.92 Å². The number of hydrogen-bond acceptors (Lipinski definition) is 0. The lowest BCUT2D eigenvalue weighted by Crippen LogP contribution is -2.01. The van der Waals surface area contributed by atoms with Crippen LogP contribution >= 0.6 is 0 Å². The Bertz CT molecular complexity index is 1240. The van der Waals surface area contributed by atoms with Gasteiger partial charge in [0.2, 0.25) is 0 Å². The molecule has 33 heavy (non-hydrogen) atoms. The van der Waals surface area contributed by atoms with Gasteiger partial charge in [0.25, 0.3) is 0 Å². The molecule has 1 atom stereocenters. The van der Waals surface area contributed by atoms with Crippen LogP contribution in [0.5, 0.6) is 0 Å². The first-order valence-electron chi connectivity index (χ1n) is 11.6. The summed E-state index contributed by atoms with van der Waals surface area (Å²) < 4.78 is 0. The van der Waals surface area contributed by atoms with Crippen LogP contribution in [-0.4, -0.2) is 0 Å². The third-order valence-electron chi connectivity index (χ3n) is 6.38. The van der Waals surface area contributed by atoms with E-state index in [4.69, 9.17) is 0 Å². The highest BCUT2D eigenvalue weighted by Gasteiger charge is 2.19. The molecule has 0 heteroatoms. The molecule has 1 aliphatic rings. The second kappa shape index (κ2) is 9.88. The van der Waals surface area contributed by atoms with E-state index in [0.29, 0.717) is 0 Å². The molecule has 0 aromatic heterocycles. The molecular formula is C33H32. The largest absolute Gasteiger partial charge is 0.0949 e. The first-order valence-corrected chi connectivity index (χ1v) is 11.6. The Morgan fingerprint density at radius 3 is 1.73 bits per heavy atom. The predicted molar refractivity (Wildman–Crippen MR) is 145 cm³/mol. The topological polar surface area (TPSA) is 0 Å². The molecule has 0 bridgehead atoms. The molecule has 0 N–H and O–H groups in total. The van der Waals surface area contributed by atoms with Crippen molar-refractivity contribution in [1.29, 1.82) is 0 Å². The van der Waals surface area contributed by atoms with E-state index in [1.54, 1.807) is 0 Å². The summed E-state index contributed by atoms with van der Waals surface area (Å²) in [5.74, 6) is 0.181. The number of rotatable bonds is 7. The molecule has 0 amide bonds. The van der Waals surface area contributed by atoms with Gasteiger partial charge in [0.05, 0.1) is 0 Å². The van der Waals surface area contributed by atoms with E-state index in [0.717, 1.165) is 17.6 Å². The van der Waals surface area contributed by atoms with Gasteiger partial charge in [-0.15, -0.1) is 0 Å². The highest BCUT2D eigenvalue weighted by Crippen LogP contribution is 2.37. The maximum Gasteiger partial charge on any atom is 0.0272 e. The highest BCUT2D eigenvalue weighted by molar-refractivity contribution is 5.82. The van der Waals surface area contributed by atoms with Gasteiger partial charge >= 0.3 is 0 Å². The summed E-state index contributed by atoms with van der Waals surface area (Å²) in [4.78, 5) is 0. The lowest BCUT2D eigenvalue weighted by atomic mass is 9.86. The Morgan fingerprint density at radius 1 is 0.697 bits per heavy atom. The molecule has 0 aliphatic heterocycles. The molecule has 3 aromatic rings. The minimum absolute atomic E-state index is 0.181. The summed E-state index contributed by atoms with van der Waals surface area (Å²) in [6, 6.07) is 26.1. The zero-order valence-electron chi connectivity index (χ0n) is 19.9. The summed E-state index contributed by atoms with van der Waals surface area (Å²) >= 11 is 0. The summed E-state index contributed by atoms with van der Waals surface area (Å²) in [5, 5.41) is 0. The van der Waals surface area contributed by atoms with Gasteiger partial charge in [0.15, 0.2) is 0 Å². The monoisotopic (exact) mass is 428 g/mol. The lowest BCUT2D eigenvalue weighted by Gasteiger charge is -2.18.